The SMILES string of the molecule is Cc1nn(-c2ccccc2)nc1C(=O)N1CCC(CNC2=CC(c3ccccc3Cl)=NC3C(Br)=CNN23)CC1. The Bertz CT molecular complexity index is 1480. The Labute approximate surface area is 240 Å². The maximum absolute atomic E-state index is 13.3. The summed E-state index contributed by atoms with van der Waals surface area (Å²) >= 11 is 10.1. The van der Waals surface area contributed by atoms with Crippen molar-refractivity contribution in [2.75, 3.05) is 19.6 Å². The van der Waals surface area contributed by atoms with Crippen LogP contribution in [0.1, 0.15) is 34.6 Å². The highest BCUT2D eigenvalue weighted by atomic mass is 79.9. The molecule has 0 aliphatic carbocycles. The van der Waals surface area contributed by atoms with Crippen LogP contribution in [-0.4, -0.2) is 62.3 Å². The second-order valence-corrected chi connectivity index (χ2v) is 11.1. The summed E-state index contributed by atoms with van der Waals surface area (Å²) in [6.07, 6.45) is 5.54. The molecule has 0 radical (unpaired) electrons. The Morgan fingerprint density at radius 3 is 2.62 bits per heavy atom. The summed E-state index contributed by atoms with van der Waals surface area (Å²) in [5.74, 6) is 1.30. The minimum atomic E-state index is -0.198. The van der Waals surface area contributed by atoms with E-state index in [-0.39, 0.29) is 12.1 Å². The first-order valence-corrected chi connectivity index (χ1v) is 14.1. The number of aryl methyl sites for hydroxylation is 1. The van der Waals surface area contributed by atoms with Crippen molar-refractivity contribution in [3.8, 4) is 5.69 Å². The molecule has 0 bridgehead atoms. The number of para-hydroxylation sites is 1. The van der Waals surface area contributed by atoms with Crippen molar-refractivity contribution in [3.63, 3.8) is 0 Å². The number of nitrogens with one attached hydrogen (secondary N) is 2. The molecule has 1 atom stereocenters. The van der Waals surface area contributed by atoms with Crippen LogP contribution in [0.3, 0.4) is 0 Å². The van der Waals surface area contributed by atoms with Crippen LogP contribution in [0.2, 0.25) is 5.02 Å². The van der Waals surface area contributed by atoms with Gasteiger partial charge in [0.05, 0.1) is 21.6 Å². The fraction of sp³-hybridized carbons (Fsp3) is 0.286. The van der Waals surface area contributed by atoms with Gasteiger partial charge in [0.15, 0.2) is 11.9 Å². The van der Waals surface area contributed by atoms with Gasteiger partial charge in [-0.25, -0.2) is 5.01 Å². The molecule has 2 aromatic carbocycles. The number of rotatable bonds is 6. The van der Waals surface area contributed by atoms with Crippen molar-refractivity contribution in [3.05, 3.63) is 99.2 Å². The van der Waals surface area contributed by atoms with Crippen molar-refractivity contribution in [2.24, 2.45) is 10.9 Å². The van der Waals surface area contributed by atoms with Gasteiger partial charge in [-0.3, -0.25) is 9.79 Å². The summed E-state index contributed by atoms with van der Waals surface area (Å²) in [5.41, 5.74) is 6.90. The van der Waals surface area contributed by atoms with Crippen molar-refractivity contribution in [2.45, 2.75) is 25.9 Å². The number of fused-ring (bicyclic) bond motifs is 1. The molecule has 4 heterocycles. The topological polar surface area (TPSA) is 90.7 Å². The molecule has 0 saturated carbocycles. The summed E-state index contributed by atoms with van der Waals surface area (Å²) in [6.45, 7) is 3.99. The zero-order chi connectivity index (χ0) is 26.9. The minimum Gasteiger partial charge on any atom is -0.370 e. The van der Waals surface area contributed by atoms with Gasteiger partial charge in [0.25, 0.3) is 5.91 Å². The van der Waals surface area contributed by atoms with Crippen LogP contribution in [0, 0.1) is 12.8 Å². The maximum Gasteiger partial charge on any atom is 0.276 e. The fourth-order valence-electron chi connectivity index (χ4n) is 5.03. The Morgan fingerprint density at radius 1 is 1.10 bits per heavy atom. The number of hydrazine groups is 1. The second-order valence-electron chi connectivity index (χ2n) is 9.80. The van der Waals surface area contributed by atoms with Crippen molar-refractivity contribution >= 4 is 39.1 Å². The molecule has 200 valence electrons. The number of piperidine rings is 1. The lowest BCUT2D eigenvalue weighted by Crippen LogP contribution is -2.46. The predicted octanol–water partition coefficient (Wildman–Crippen LogP) is 4.40. The highest BCUT2D eigenvalue weighted by Crippen LogP contribution is 2.30. The van der Waals surface area contributed by atoms with E-state index in [0.717, 1.165) is 46.7 Å². The number of hydrogen-bond acceptors (Lipinski definition) is 7. The zero-order valence-electron chi connectivity index (χ0n) is 21.4. The second kappa shape index (κ2) is 10.9. The van der Waals surface area contributed by atoms with Gasteiger partial charge in [0, 0.05) is 42.5 Å². The fourth-order valence-corrected chi connectivity index (χ4v) is 5.67. The molecule has 39 heavy (non-hydrogen) atoms. The van der Waals surface area contributed by atoms with Gasteiger partial charge in [-0.05, 0) is 59.8 Å². The number of hydrogen-bond donors (Lipinski definition) is 2. The molecular formula is C28H28BrClN8O. The molecule has 0 spiro atoms. The lowest BCUT2D eigenvalue weighted by molar-refractivity contribution is 0.0682. The molecule has 1 unspecified atom stereocenters. The number of nitrogens with zero attached hydrogens (tertiary/aromatic N) is 6. The molecule has 3 aliphatic rings. The third-order valence-corrected chi connectivity index (χ3v) is 8.19. The maximum atomic E-state index is 13.3. The van der Waals surface area contributed by atoms with E-state index in [0.29, 0.717) is 35.4 Å². The van der Waals surface area contributed by atoms with Crippen LogP contribution in [0.15, 0.2) is 82.2 Å². The molecule has 1 amide bonds. The van der Waals surface area contributed by atoms with Crippen LogP contribution in [-0.2, 0) is 0 Å². The average Bonchev–Trinajstić information content (AvgIpc) is 3.55. The van der Waals surface area contributed by atoms with Crippen LogP contribution >= 0.6 is 27.5 Å². The first-order valence-electron chi connectivity index (χ1n) is 13.0. The third kappa shape index (κ3) is 5.18. The number of likely N-dealkylation sites (tertiary alicyclic amines) is 1. The summed E-state index contributed by atoms with van der Waals surface area (Å²) in [7, 11) is 0. The summed E-state index contributed by atoms with van der Waals surface area (Å²) in [5, 5.41) is 15.3. The van der Waals surface area contributed by atoms with Gasteiger partial charge in [-0.15, -0.1) is 5.10 Å². The molecule has 2 N–H and O–H groups in total. The van der Waals surface area contributed by atoms with Crippen LogP contribution in [0.25, 0.3) is 5.69 Å². The smallest absolute Gasteiger partial charge is 0.276 e. The van der Waals surface area contributed by atoms with E-state index in [4.69, 9.17) is 16.6 Å². The summed E-state index contributed by atoms with van der Waals surface area (Å²) in [4.78, 5) is 21.6. The molecule has 1 fully saturated rings. The van der Waals surface area contributed by atoms with Gasteiger partial charge in [0.1, 0.15) is 5.82 Å². The summed E-state index contributed by atoms with van der Waals surface area (Å²) < 4.78 is 0.950. The van der Waals surface area contributed by atoms with Gasteiger partial charge in [0.2, 0.25) is 0 Å². The van der Waals surface area contributed by atoms with Crippen LogP contribution in [0.5, 0.6) is 0 Å². The number of carbonyl (C=O) groups excluding carboxylic acids is 1. The van der Waals surface area contributed by atoms with Gasteiger partial charge in [-0.2, -0.15) is 9.90 Å². The highest BCUT2D eigenvalue weighted by molar-refractivity contribution is 9.11. The van der Waals surface area contributed by atoms with E-state index in [1.807, 2.05) is 83.7 Å². The Hall–Kier alpha value is -3.63. The zero-order valence-corrected chi connectivity index (χ0v) is 23.7. The molecular weight excluding hydrogens is 580 g/mol. The lowest BCUT2D eigenvalue weighted by Gasteiger charge is -2.35. The predicted molar refractivity (Wildman–Crippen MR) is 155 cm³/mol. The third-order valence-electron chi connectivity index (χ3n) is 7.22. The molecule has 11 heteroatoms. The average molecular weight is 608 g/mol. The van der Waals surface area contributed by atoms with Crippen molar-refractivity contribution in [1.29, 1.82) is 0 Å². The molecule has 3 aliphatic heterocycles. The Balaban J connectivity index is 1.09. The first-order chi connectivity index (χ1) is 19.0. The van der Waals surface area contributed by atoms with E-state index in [2.05, 4.69) is 36.9 Å². The molecule has 6 rings (SSSR count). The number of aromatic nitrogens is 3. The van der Waals surface area contributed by atoms with E-state index in [1.54, 1.807) is 0 Å². The Morgan fingerprint density at radius 2 is 1.85 bits per heavy atom. The van der Waals surface area contributed by atoms with Gasteiger partial charge >= 0.3 is 0 Å². The minimum absolute atomic E-state index is 0.0586. The molecule has 3 aromatic rings. The van der Waals surface area contributed by atoms with E-state index in [9.17, 15) is 4.79 Å². The lowest BCUT2D eigenvalue weighted by atomic mass is 9.96. The van der Waals surface area contributed by atoms with E-state index >= 15 is 0 Å². The van der Waals surface area contributed by atoms with Crippen LogP contribution in [0.4, 0.5) is 0 Å². The summed E-state index contributed by atoms with van der Waals surface area (Å²) in [6, 6.07) is 17.4. The normalized spacial score (nSPS) is 19.2. The molecule has 1 aromatic heterocycles. The monoisotopic (exact) mass is 606 g/mol. The number of benzene rings is 2. The quantitative estimate of drug-likeness (QED) is 0.432. The largest absolute Gasteiger partial charge is 0.370 e. The first kappa shape index (κ1) is 25.6. The van der Waals surface area contributed by atoms with Crippen LogP contribution < -0.4 is 10.7 Å². The standard InChI is InChI=1S/C28H28BrClN8O/c1-18-26(35-38(34-18)20-7-3-2-4-8-20)28(39)36-13-11-19(12-14-36)16-31-25-15-24(21-9-5-6-10-23(21)30)33-27-22(29)17-32-37(25)27/h2-10,15,17,19,27,31-32H,11-14,16H2,1H3. The van der Waals surface area contributed by atoms with Crippen molar-refractivity contribution < 1.29 is 4.79 Å². The Kier molecular flexibility index (Phi) is 7.14. The highest BCUT2D eigenvalue weighted by Gasteiger charge is 2.33. The number of halogens is 2. The number of allylic oxidation sites excluding steroid dienone is 1. The molecule has 9 nitrogen and oxygen atoms in total. The van der Waals surface area contributed by atoms with Gasteiger partial charge < -0.3 is 15.6 Å². The van der Waals surface area contributed by atoms with E-state index < -0.39 is 0 Å². The van der Waals surface area contributed by atoms with E-state index in [1.165, 1.54) is 4.80 Å². The number of amides is 1. The van der Waals surface area contributed by atoms with Gasteiger partial charge in [-0.1, -0.05) is 48.0 Å². The van der Waals surface area contributed by atoms with Crippen molar-refractivity contribution in [1.82, 2.24) is 35.6 Å². The molecule has 1 saturated heterocycles. The number of carbonyl (C=O) groups is 1. The number of aliphatic imine (C=N–C) groups is 1.